The highest BCUT2D eigenvalue weighted by molar-refractivity contribution is 6.04. The van der Waals surface area contributed by atoms with Crippen LogP contribution in [0.25, 0.3) is 0 Å². The molecule has 0 fully saturated rings. The molecule has 150 valence electrons. The summed E-state index contributed by atoms with van der Waals surface area (Å²) in [5.41, 5.74) is 7.66. The van der Waals surface area contributed by atoms with Crippen LogP contribution in [-0.4, -0.2) is 53.1 Å². The normalized spacial score (nSPS) is 13.4. The van der Waals surface area contributed by atoms with E-state index >= 15 is 0 Å². The number of nitrogens with one attached hydrogen (secondary N) is 4. The quantitative estimate of drug-likeness (QED) is 0.441. The number of hydrogen-bond acceptors (Lipinski definition) is 6. The Labute approximate surface area is 163 Å². The minimum atomic E-state index is -0.290. The molecule has 0 aliphatic carbocycles. The van der Waals surface area contributed by atoms with Gasteiger partial charge in [-0.15, -0.1) is 0 Å². The lowest BCUT2D eigenvalue weighted by Gasteiger charge is -2.16. The van der Waals surface area contributed by atoms with Gasteiger partial charge in [0.25, 0.3) is 11.8 Å². The second kappa shape index (κ2) is 8.51. The molecule has 28 heavy (non-hydrogen) atoms. The molecule has 0 saturated carbocycles. The van der Waals surface area contributed by atoms with Crippen LogP contribution in [-0.2, 0) is 14.1 Å². The predicted octanol–water partition coefficient (Wildman–Crippen LogP) is -0.133. The number of anilines is 2. The number of hydrogen-bond donors (Lipinski definition) is 5. The van der Waals surface area contributed by atoms with E-state index in [0.717, 1.165) is 25.5 Å². The Kier molecular flexibility index (Phi) is 5.87. The maximum absolute atomic E-state index is 12.4. The summed E-state index contributed by atoms with van der Waals surface area (Å²) in [5, 5.41) is 11.9. The Balaban J connectivity index is 1.52. The van der Waals surface area contributed by atoms with Gasteiger partial charge in [0.1, 0.15) is 11.4 Å². The first kappa shape index (κ1) is 19.3. The molecule has 0 spiro atoms. The minimum absolute atomic E-state index is 0.216. The first-order valence-corrected chi connectivity index (χ1v) is 9.14. The van der Waals surface area contributed by atoms with Gasteiger partial charge in [-0.2, -0.15) is 0 Å². The third kappa shape index (κ3) is 4.64. The minimum Gasteiger partial charge on any atom is -0.397 e. The van der Waals surface area contributed by atoms with Crippen LogP contribution in [0.3, 0.4) is 0 Å². The third-order valence-corrected chi connectivity index (χ3v) is 4.35. The van der Waals surface area contributed by atoms with Crippen LogP contribution in [0.5, 0.6) is 0 Å². The van der Waals surface area contributed by atoms with Crippen LogP contribution in [0.15, 0.2) is 29.5 Å². The molecule has 3 rings (SSSR count). The monoisotopic (exact) mass is 386 g/mol. The van der Waals surface area contributed by atoms with Gasteiger partial charge in [-0.1, -0.05) is 0 Å². The maximum atomic E-state index is 12.4. The SMILES string of the molecule is Cn1cc(NC(=O)c2cc(N)cn2C)cc1C(=O)NCCNC1=NCCCN1. The van der Waals surface area contributed by atoms with E-state index in [9.17, 15) is 9.59 Å². The van der Waals surface area contributed by atoms with E-state index in [1.165, 1.54) is 0 Å². The van der Waals surface area contributed by atoms with E-state index in [2.05, 4.69) is 26.3 Å². The third-order valence-electron chi connectivity index (χ3n) is 4.35. The Bertz CT molecular complexity index is 896. The molecule has 0 aromatic carbocycles. The lowest BCUT2D eigenvalue weighted by molar-refractivity contribution is 0.0945. The molecule has 0 bridgehead atoms. The smallest absolute Gasteiger partial charge is 0.272 e. The molecule has 1 aliphatic heterocycles. The van der Waals surface area contributed by atoms with Gasteiger partial charge in [0, 0.05) is 52.7 Å². The summed E-state index contributed by atoms with van der Waals surface area (Å²) in [4.78, 5) is 29.1. The van der Waals surface area contributed by atoms with Crippen molar-refractivity contribution in [3.05, 3.63) is 35.9 Å². The van der Waals surface area contributed by atoms with E-state index in [-0.39, 0.29) is 11.8 Å². The summed E-state index contributed by atoms with van der Waals surface area (Å²) < 4.78 is 3.32. The maximum Gasteiger partial charge on any atom is 0.272 e. The molecule has 2 aromatic rings. The molecule has 0 saturated heterocycles. The molecule has 0 radical (unpaired) electrons. The van der Waals surface area contributed by atoms with Crippen LogP contribution in [0.2, 0.25) is 0 Å². The molecule has 0 atom stereocenters. The van der Waals surface area contributed by atoms with Gasteiger partial charge in [-0.05, 0) is 18.6 Å². The van der Waals surface area contributed by atoms with Crippen molar-refractivity contribution in [1.29, 1.82) is 0 Å². The largest absolute Gasteiger partial charge is 0.397 e. The lowest BCUT2D eigenvalue weighted by atomic mass is 10.3. The number of carbonyl (C=O) groups excluding carboxylic acids is 2. The summed E-state index contributed by atoms with van der Waals surface area (Å²) in [5.74, 6) is 0.263. The number of carbonyl (C=O) groups is 2. The van der Waals surface area contributed by atoms with E-state index in [1.54, 1.807) is 47.8 Å². The van der Waals surface area contributed by atoms with E-state index in [1.807, 2.05) is 0 Å². The van der Waals surface area contributed by atoms with Crippen molar-refractivity contribution < 1.29 is 9.59 Å². The summed E-state index contributed by atoms with van der Waals surface area (Å²) in [6.07, 6.45) is 4.39. The number of amides is 2. The Morgan fingerprint density at radius 1 is 1.14 bits per heavy atom. The number of aryl methyl sites for hydroxylation is 2. The van der Waals surface area contributed by atoms with Crippen LogP contribution in [0.1, 0.15) is 27.4 Å². The number of nitrogens with two attached hydrogens (primary N) is 1. The predicted molar refractivity (Wildman–Crippen MR) is 108 cm³/mol. The fourth-order valence-corrected chi connectivity index (χ4v) is 2.97. The van der Waals surface area contributed by atoms with E-state index in [4.69, 9.17) is 5.73 Å². The van der Waals surface area contributed by atoms with Gasteiger partial charge in [-0.25, -0.2) is 0 Å². The number of guanidine groups is 1. The Morgan fingerprint density at radius 2 is 1.89 bits per heavy atom. The zero-order valence-corrected chi connectivity index (χ0v) is 16.1. The zero-order chi connectivity index (χ0) is 20.1. The van der Waals surface area contributed by atoms with Crippen LogP contribution >= 0.6 is 0 Å². The second-order valence-electron chi connectivity index (χ2n) is 6.64. The molecule has 3 heterocycles. The fourth-order valence-electron chi connectivity index (χ4n) is 2.97. The summed E-state index contributed by atoms with van der Waals surface area (Å²) in [6, 6.07) is 3.24. The van der Waals surface area contributed by atoms with Gasteiger partial charge >= 0.3 is 0 Å². The fraction of sp³-hybridized carbons (Fsp3) is 0.389. The van der Waals surface area contributed by atoms with Gasteiger partial charge < -0.3 is 36.1 Å². The molecular formula is C18H26N8O2. The molecule has 10 nitrogen and oxygen atoms in total. The topological polar surface area (TPSA) is 130 Å². The van der Waals surface area contributed by atoms with Crippen LogP contribution < -0.4 is 27.0 Å². The van der Waals surface area contributed by atoms with Crippen molar-refractivity contribution in [2.24, 2.45) is 19.1 Å². The zero-order valence-electron chi connectivity index (χ0n) is 16.1. The van der Waals surface area contributed by atoms with Crippen molar-refractivity contribution >= 4 is 29.1 Å². The van der Waals surface area contributed by atoms with E-state index < -0.39 is 0 Å². The molecule has 1 aliphatic rings. The molecule has 6 N–H and O–H groups in total. The van der Waals surface area contributed by atoms with Crippen LogP contribution in [0, 0.1) is 0 Å². The van der Waals surface area contributed by atoms with Crippen molar-refractivity contribution in [2.45, 2.75) is 6.42 Å². The van der Waals surface area contributed by atoms with Crippen molar-refractivity contribution in [1.82, 2.24) is 25.1 Å². The average Bonchev–Trinajstić information content (AvgIpc) is 3.20. The Hall–Kier alpha value is -3.43. The molecule has 10 heteroatoms. The van der Waals surface area contributed by atoms with Crippen molar-refractivity contribution in [3.8, 4) is 0 Å². The van der Waals surface area contributed by atoms with Crippen LogP contribution in [0.4, 0.5) is 11.4 Å². The average molecular weight is 386 g/mol. The van der Waals surface area contributed by atoms with Gasteiger partial charge in [0.05, 0.1) is 11.4 Å². The highest BCUT2D eigenvalue weighted by atomic mass is 16.2. The summed E-state index contributed by atoms with van der Waals surface area (Å²) in [7, 11) is 3.50. The number of aromatic nitrogens is 2. The molecular weight excluding hydrogens is 360 g/mol. The van der Waals surface area contributed by atoms with Gasteiger partial charge in [-0.3, -0.25) is 14.6 Å². The first-order chi connectivity index (χ1) is 13.4. The summed E-state index contributed by atoms with van der Waals surface area (Å²) in [6.45, 7) is 2.75. The Morgan fingerprint density at radius 3 is 2.57 bits per heavy atom. The van der Waals surface area contributed by atoms with Gasteiger partial charge in [0.15, 0.2) is 5.96 Å². The highest BCUT2D eigenvalue weighted by Crippen LogP contribution is 2.16. The standard InChI is InChI=1S/C18H26N8O2/c1-25-10-12(19)8-14(25)17(28)24-13-9-15(26(2)11-13)16(27)20-6-7-23-18-21-4-3-5-22-18/h8-11H,3-7,19H2,1-2H3,(H,20,27)(H,24,28)(H2,21,22,23). The number of nitrogens with zero attached hydrogens (tertiary/aromatic N) is 3. The molecule has 0 unspecified atom stereocenters. The molecule has 2 aromatic heterocycles. The summed E-state index contributed by atoms with van der Waals surface area (Å²) >= 11 is 0. The highest BCUT2D eigenvalue weighted by Gasteiger charge is 2.15. The molecule has 2 amide bonds. The number of nitrogen functional groups attached to an aromatic ring is 1. The number of rotatable bonds is 6. The first-order valence-electron chi connectivity index (χ1n) is 9.14. The lowest BCUT2D eigenvalue weighted by Crippen LogP contribution is -2.43. The van der Waals surface area contributed by atoms with Crippen molar-refractivity contribution in [3.63, 3.8) is 0 Å². The van der Waals surface area contributed by atoms with E-state index in [0.29, 0.717) is 35.9 Å². The second-order valence-corrected chi connectivity index (χ2v) is 6.64. The van der Waals surface area contributed by atoms with Gasteiger partial charge in [0.2, 0.25) is 0 Å². The van der Waals surface area contributed by atoms with Crippen molar-refractivity contribution in [2.75, 3.05) is 37.2 Å². The number of aliphatic imine (C=N–C) groups is 1.